The molecule has 0 amide bonds. The van der Waals surface area contributed by atoms with Crippen molar-refractivity contribution in [3.8, 4) is 6.07 Å². The van der Waals surface area contributed by atoms with E-state index in [0.717, 1.165) is 0 Å². The van der Waals surface area contributed by atoms with Gasteiger partial charge in [0.05, 0.1) is 19.1 Å². The zero-order valence-corrected chi connectivity index (χ0v) is 6.59. The Labute approximate surface area is 66.3 Å². The molecule has 0 aromatic rings. The van der Waals surface area contributed by atoms with E-state index < -0.39 is 0 Å². The van der Waals surface area contributed by atoms with Gasteiger partial charge in [-0.05, 0) is 13.3 Å². The highest BCUT2D eigenvalue weighted by Crippen LogP contribution is 2.01. The molecule has 0 unspecified atom stereocenters. The Hall–Kier alpha value is -1.30. The summed E-state index contributed by atoms with van der Waals surface area (Å²) in [6.07, 6.45) is 0.648. The van der Waals surface area contributed by atoms with Crippen molar-refractivity contribution in [1.29, 1.82) is 5.26 Å². The van der Waals surface area contributed by atoms with Gasteiger partial charge in [-0.1, -0.05) is 6.58 Å². The molecule has 0 aliphatic heterocycles. The lowest BCUT2D eigenvalue weighted by Gasteiger charge is -1.98. The summed E-state index contributed by atoms with van der Waals surface area (Å²) in [5.74, 6) is -0.274. The number of hydrogen-bond donors (Lipinski definition) is 0. The third kappa shape index (κ3) is 5.16. The molecule has 60 valence electrons. The molecule has 0 N–H and O–H groups in total. The van der Waals surface area contributed by atoms with Crippen molar-refractivity contribution in [1.82, 2.24) is 0 Å². The van der Waals surface area contributed by atoms with Crippen molar-refractivity contribution in [2.24, 2.45) is 0 Å². The number of carbonyl (C=O) groups excluding carboxylic acids is 1. The lowest BCUT2D eigenvalue weighted by atomic mass is 10.2. The van der Waals surface area contributed by atoms with Crippen LogP contribution >= 0.6 is 0 Å². The molecule has 0 fully saturated rings. The van der Waals surface area contributed by atoms with Crippen molar-refractivity contribution in [2.75, 3.05) is 6.61 Å². The summed E-state index contributed by atoms with van der Waals surface area (Å²) in [6, 6.07) is 1.86. The fourth-order valence-corrected chi connectivity index (χ4v) is 0.542. The highest BCUT2D eigenvalue weighted by Gasteiger charge is 2.01. The summed E-state index contributed by atoms with van der Waals surface area (Å²) < 4.78 is 4.65. The maximum Gasteiger partial charge on any atom is 0.306 e. The minimum atomic E-state index is -0.274. The van der Waals surface area contributed by atoms with Crippen LogP contribution in [0.5, 0.6) is 0 Å². The Balaban J connectivity index is 3.48. The third-order valence-electron chi connectivity index (χ3n) is 1.09. The molecule has 0 rings (SSSR count). The van der Waals surface area contributed by atoms with Crippen LogP contribution < -0.4 is 0 Å². The molecule has 3 heteroatoms. The standard InChI is InChI=1S/C8H11NO2/c1-3-11-8(10)5-4-7(2)6-9/h2-5H2,1H3. The van der Waals surface area contributed by atoms with Crippen LogP contribution in [-0.4, -0.2) is 12.6 Å². The smallest absolute Gasteiger partial charge is 0.306 e. The predicted molar refractivity (Wildman–Crippen MR) is 40.6 cm³/mol. The lowest BCUT2D eigenvalue weighted by Crippen LogP contribution is -2.03. The van der Waals surface area contributed by atoms with Crippen LogP contribution in [0.15, 0.2) is 12.2 Å². The SMILES string of the molecule is C=C(C#N)CCC(=O)OCC. The molecule has 0 atom stereocenters. The topological polar surface area (TPSA) is 50.1 Å². The Morgan fingerprint density at radius 2 is 2.27 bits per heavy atom. The number of allylic oxidation sites excluding steroid dienone is 1. The summed E-state index contributed by atoms with van der Waals surface area (Å²) in [5, 5.41) is 8.28. The summed E-state index contributed by atoms with van der Waals surface area (Å²) in [7, 11) is 0. The minimum absolute atomic E-state index is 0.250. The number of carbonyl (C=O) groups is 1. The number of rotatable bonds is 4. The van der Waals surface area contributed by atoms with Gasteiger partial charge in [0.25, 0.3) is 0 Å². The van der Waals surface area contributed by atoms with Gasteiger partial charge in [-0.15, -0.1) is 0 Å². The molecule has 0 saturated carbocycles. The Bertz CT molecular complexity index is 191. The van der Waals surface area contributed by atoms with Crippen LogP contribution in [0.25, 0.3) is 0 Å². The Morgan fingerprint density at radius 3 is 2.73 bits per heavy atom. The normalized spacial score (nSPS) is 8.36. The number of nitriles is 1. The fourth-order valence-electron chi connectivity index (χ4n) is 0.542. The van der Waals surface area contributed by atoms with E-state index in [4.69, 9.17) is 5.26 Å². The Kier molecular flexibility index (Phi) is 4.83. The van der Waals surface area contributed by atoms with Gasteiger partial charge in [0.1, 0.15) is 0 Å². The van der Waals surface area contributed by atoms with Crippen molar-refractivity contribution in [3.05, 3.63) is 12.2 Å². The molecule has 0 spiro atoms. The fraction of sp³-hybridized carbons (Fsp3) is 0.500. The summed E-state index contributed by atoms with van der Waals surface area (Å²) in [6.45, 7) is 5.57. The van der Waals surface area contributed by atoms with Gasteiger partial charge < -0.3 is 4.74 Å². The maximum atomic E-state index is 10.7. The van der Waals surface area contributed by atoms with Crippen molar-refractivity contribution < 1.29 is 9.53 Å². The van der Waals surface area contributed by atoms with E-state index in [-0.39, 0.29) is 12.4 Å². The maximum absolute atomic E-state index is 10.7. The van der Waals surface area contributed by atoms with Crippen molar-refractivity contribution >= 4 is 5.97 Å². The molecular weight excluding hydrogens is 142 g/mol. The second-order valence-corrected chi connectivity index (χ2v) is 2.02. The van der Waals surface area contributed by atoms with E-state index in [0.29, 0.717) is 18.6 Å². The van der Waals surface area contributed by atoms with Crippen LogP contribution in [0, 0.1) is 11.3 Å². The molecule has 3 nitrogen and oxygen atoms in total. The molecular formula is C8H11NO2. The van der Waals surface area contributed by atoms with E-state index >= 15 is 0 Å². The summed E-state index contributed by atoms with van der Waals surface area (Å²) in [4.78, 5) is 10.7. The largest absolute Gasteiger partial charge is 0.466 e. The summed E-state index contributed by atoms with van der Waals surface area (Å²) >= 11 is 0. The van der Waals surface area contributed by atoms with Gasteiger partial charge in [0.15, 0.2) is 0 Å². The molecule has 0 radical (unpaired) electrons. The van der Waals surface area contributed by atoms with E-state index in [1.165, 1.54) is 0 Å². The molecule has 0 aromatic carbocycles. The molecule has 0 aromatic heterocycles. The minimum Gasteiger partial charge on any atom is -0.466 e. The summed E-state index contributed by atoms with van der Waals surface area (Å²) in [5.41, 5.74) is 0.415. The predicted octanol–water partition coefficient (Wildman–Crippen LogP) is 1.41. The zero-order chi connectivity index (χ0) is 8.69. The average Bonchev–Trinajstić information content (AvgIpc) is 2.01. The molecule has 0 aliphatic rings. The highest BCUT2D eigenvalue weighted by atomic mass is 16.5. The molecule has 0 aliphatic carbocycles. The molecule has 0 bridgehead atoms. The Morgan fingerprint density at radius 1 is 1.64 bits per heavy atom. The second-order valence-electron chi connectivity index (χ2n) is 2.02. The van der Waals surface area contributed by atoms with Crippen LogP contribution in [0.2, 0.25) is 0 Å². The van der Waals surface area contributed by atoms with E-state index in [2.05, 4.69) is 11.3 Å². The average molecular weight is 153 g/mol. The number of esters is 1. The first-order chi connectivity index (χ1) is 5.20. The van der Waals surface area contributed by atoms with Gasteiger partial charge in [-0.2, -0.15) is 5.26 Å². The van der Waals surface area contributed by atoms with Crippen molar-refractivity contribution in [2.45, 2.75) is 19.8 Å². The third-order valence-corrected chi connectivity index (χ3v) is 1.09. The first-order valence-corrected chi connectivity index (χ1v) is 3.44. The van der Waals surface area contributed by atoms with Gasteiger partial charge in [0, 0.05) is 5.57 Å². The molecule has 0 saturated heterocycles. The first-order valence-electron chi connectivity index (χ1n) is 3.44. The quantitative estimate of drug-likeness (QED) is 0.453. The number of hydrogen-bond acceptors (Lipinski definition) is 3. The van der Waals surface area contributed by atoms with Gasteiger partial charge in [-0.3, -0.25) is 4.79 Å². The van der Waals surface area contributed by atoms with Crippen molar-refractivity contribution in [3.63, 3.8) is 0 Å². The zero-order valence-electron chi connectivity index (χ0n) is 6.59. The van der Waals surface area contributed by atoms with Gasteiger partial charge >= 0.3 is 5.97 Å². The van der Waals surface area contributed by atoms with Gasteiger partial charge in [-0.25, -0.2) is 0 Å². The monoisotopic (exact) mass is 153 g/mol. The van der Waals surface area contributed by atoms with Crippen LogP contribution in [0.1, 0.15) is 19.8 Å². The number of nitrogens with zero attached hydrogens (tertiary/aromatic N) is 1. The first kappa shape index (κ1) is 9.70. The number of ether oxygens (including phenoxy) is 1. The van der Waals surface area contributed by atoms with E-state index in [1.54, 1.807) is 6.92 Å². The second kappa shape index (κ2) is 5.48. The molecule has 11 heavy (non-hydrogen) atoms. The highest BCUT2D eigenvalue weighted by molar-refractivity contribution is 5.69. The van der Waals surface area contributed by atoms with Crippen LogP contribution in [0.3, 0.4) is 0 Å². The molecule has 0 heterocycles. The lowest BCUT2D eigenvalue weighted by molar-refractivity contribution is -0.143. The van der Waals surface area contributed by atoms with E-state index in [1.807, 2.05) is 6.07 Å². The van der Waals surface area contributed by atoms with E-state index in [9.17, 15) is 4.79 Å². The van der Waals surface area contributed by atoms with Gasteiger partial charge in [0.2, 0.25) is 0 Å². The van der Waals surface area contributed by atoms with Crippen LogP contribution in [0.4, 0.5) is 0 Å². The van der Waals surface area contributed by atoms with Crippen LogP contribution in [-0.2, 0) is 9.53 Å².